The van der Waals surface area contributed by atoms with Crippen molar-refractivity contribution in [1.82, 2.24) is 0 Å². The van der Waals surface area contributed by atoms with E-state index in [1.165, 1.54) is 0 Å². The van der Waals surface area contributed by atoms with Crippen molar-refractivity contribution in [2.75, 3.05) is 12.3 Å². The largest absolute Gasteiger partial charge is 0.491 e. The average Bonchev–Trinajstić information content (AvgIpc) is 2.27. The molecule has 0 amide bonds. The molecule has 4 heteroatoms. The number of carbonyl (C=O) groups is 1. The van der Waals surface area contributed by atoms with Gasteiger partial charge in [-0.15, -0.1) is 0 Å². The van der Waals surface area contributed by atoms with Crippen molar-refractivity contribution < 1.29 is 14.3 Å². The molecule has 0 spiro atoms. The number of ether oxygens (including phenoxy) is 2. The zero-order valence-electron chi connectivity index (χ0n) is 10.5. The molecule has 1 aromatic carbocycles. The number of rotatable bonds is 5. The molecule has 0 bridgehead atoms. The van der Waals surface area contributed by atoms with Gasteiger partial charge in [0.25, 0.3) is 0 Å². The van der Waals surface area contributed by atoms with Gasteiger partial charge in [0.2, 0.25) is 0 Å². The van der Waals surface area contributed by atoms with E-state index in [1.807, 2.05) is 20.8 Å². The normalized spacial score (nSPS) is 10.4. The summed E-state index contributed by atoms with van der Waals surface area (Å²) in [5, 5.41) is 0. The lowest BCUT2D eigenvalue weighted by Crippen LogP contribution is -2.12. The first kappa shape index (κ1) is 13.4. The number of carbonyl (C=O) groups excluding carboxylic acids is 1. The number of hydrogen-bond donors (Lipinski definition) is 1. The van der Waals surface area contributed by atoms with Crippen molar-refractivity contribution in [3.8, 4) is 5.75 Å². The second-order valence-electron chi connectivity index (χ2n) is 4.06. The van der Waals surface area contributed by atoms with Crippen LogP contribution in [0, 0.1) is 0 Å². The summed E-state index contributed by atoms with van der Waals surface area (Å²) in [5.74, 6) is 0.173. The molecule has 1 aromatic rings. The van der Waals surface area contributed by atoms with Gasteiger partial charge < -0.3 is 15.2 Å². The summed E-state index contributed by atoms with van der Waals surface area (Å²) in [6.07, 6.45) is 0.750. The molecular formula is C13H19NO3. The van der Waals surface area contributed by atoms with Crippen LogP contribution in [0.2, 0.25) is 0 Å². The summed E-state index contributed by atoms with van der Waals surface area (Å²) in [6.45, 7) is 6.20. The molecular weight excluding hydrogens is 218 g/mol. The molecule has 0 fully saturated rings. The molecule has 0 aliphatic carbocycles. The maximum atomic E-state index is 11.7. The summed E-state index contributed by atoms with van der Waals surface area (Å²) < 4.78 is 10.5. The monoisotopic (exact) mass is 237 g/mol. The summed E-state index contributed by atoms with van der Waals surface area (Å²) in [5.41, 5.74) is 6.74. The van der Waals surface area contributed by atoms with Crippen LogP contribution < -0.4 is 10.5 Å². The van der Waals surface area contributed by atoms with Crippen molar-refractivity contribution in [1.29, 1.82) is 0 Å². The number of anilines is 1. The molecule has 2 N–H and O–H groups in total. The quantitative estimate of drug-likeness (QED) is 0.631. The number of esters is 1. The van der Waals surface area contributed by atoms with E-state index in [-0.39, 0.29) is 12.1 Å². The average molecular weight is 237 g/mol. The summed E-state index contributed by atoms with van der Waals surface area (Å²) >= 11 is 0. The Bertz CT molecular complexity index is 388. The lowest BCUT2D eigenvalue weighted by atomic mass is 10.2. The van der Waals surface area contributed by atoms with E-state index >= 15 is 0 Å². The third-order valence-corrected chi connectivity index (χ3v) is 2.05. The van der Waals surface area contributed by atoms with Gasteiger partial charge in [0.15, 0.2) is 0 Å². The van der Waals surface area contributed by atoms with Crippen LogP contribution in [-0.2, 0) is 4.74 Å². The fourth-order valence-electron chi connectivity index (χ4n) is 1.28. The number of nitrogens with two attached hydrogens (primary N) is 1. The van der Waals surface area contributed by atoms with Gasteiger partial charge in [-0.1, -0.05) is 6.92 Å². The van der Waals surface area contributed by atoms with Gasteiger partial charge in [-0.25, -0.2) is 4.79 Å². The summed E-state index contributed by atoms with van der Waals surface area (Å²) in [6, 6.07) is 4.91. The first-order valence-electron chi connectivity index (χ1n) is 5.78. The van der Waals surface area contributed by atoms with Crippen molar-refractivity contribution >= 4 is 11.7 Å². The van der Waals surface area contributed by atoms with Crippen LogP contribution in [0.3, 0.4) is 0 Å². The topological polar surface area (TPSA) is 61.5 Å². The van der Waals surface area contributed by atoms with Gasteiger partial charge in [-0.2, -0.15) is 0 Å². The van der Waals surface area contributed by atoms with E-state index in [4.69, 9.17) is 15.2 Å². The van der Waals surface area contributed by atoms with Crippen molar-refractivity contribution in [2.45, 2.75) is 33.3 Å². The highest BCUT2D eigenvalue weighted by atomic mass is 16.5. The van der Waals surface area contributed by atoms with E-state index in [2.05, 4.69) is 0 Å². The summed E-state index contributed by atoms with van der Waals surface area (Å²) in [4.78, 5) is 11.7. The third-order valence-electron chi connectivity index (χ3n) is 2.05. The van der Waals surface area contributed by atoms with Crippen LogP contribution in [0.25, 0.3) is 0 Å². The van der Waals surface area contributed by atoms with Crippen LogP contribution in [0.15, 0.2) is 18.2 Å². The second-order valence-corrected chi connectivity index (χ2v) is 4.06. The zero-order chi connectivity index (χ0) is 12.8. The van der Waals surface area contributed by atoms with Gasteiger partial charge in [-0.05, 0) is 38.5 Å². The van der Waals surface area contributed by atoms with Crippen molar-refractivity contribution in [2.24, 2.45) is 0 Å². The van der Waals surface area contributed by atoms with E-state index in [1.54, 1.807) is 18.2 Å². The minimum absolute atomic E-state index is 0.139. The standard InChI is InChI=1S/C13H19NO3/c1-4-7-16-12-8-10(5-6-11(12)14)13(15)17-9(2)3/h5-6,8-9H,4,7,14H2,1-3H3. The SMILES string of the molecule is CCCOc1cc(C(=O)OC(C)C)ccc1N. The first-order chi connectivity index (χ1) is 8.04. The molecule has 1 rings (SSSR count). The van der Waals surface area contributed by atoms with Crippen molar-refractivity contribution in [3.63, 3.8) is 0 Å². The first-order valence-corrected chi connectivity index (χ1v) is 5.78. The maximum absolute atomic E-state index is 11.7. The van der Waals surface area contributed by atoms with E-state index in [0.717, 1.165) is 6.42 Å². The van der Waals surface area contributed by atoms with Gasteiger partial charge in [-0.3, -0.25) is 0 Å². The number of benzene rings is 1. The Morgan fingerprint density at radius 1 is 1.41 bits per heavy atom. The summed E-state index contributed by atoms with van der Waals surface area (Å²) in [7, 11) is 0. The highest BCUT2D eigenvalue weighted by Gasteiger charge is 2.11. The van der Waals surface area contributed by atoms with Crippen LogP contribution in [0.1, 0.15) is 37.6 Å². The predicted molar refractivity (Wildman–Crippen MR) is 67.2 cm³/mol. The minimum Gasteiger partial charge on any atom is -0.491 e. The van der Waals surface area contributed by atoms with Crippen molar-refractivity contribution in [3.05, 3.63) is 23.8 Å². The molecule has 0 saturated heterocycles. The zero-order valence-corrected chi connectivity index (χ0v) is 10.5. The fourth-order valence-corrected chi connectivity index (χ4v) is 1.28. The lowest BCUT2D eigenvalue weighted by molar-refractivity contribution is 0.0377. The van der Waals surface area contributed by atoms with Crippen LogP contribution >= 0.6 is 0 Å². The molecule has 0 heterocycles. The second kappa shape index (κ2) is 6.13. The van der Waals surface area contributed by atoms with Gasteiger partial charge in [0, 0.05) is 0 Å². The highest BCUT2D eigenvalue weighted by Crippen LogP contribution is 2.23. The minimum atomic E-state index is -0.360. The molecule has 4 nitrogen and oxygen atoms in total. The third kappa shape index (κ3) is 3.98. The Labute approximate surface area is 102 Å². The van der Waals surface area contributed by atoms with E-state index in [0.29, 0.717) is 23.6 Å². The molecule has 0 atom stereocenters. The predicted octanol–water partition coefficient (Wildman–Crippen LogP) is 2.62. The Morgan fingerprint density at radius 3 is 2.71 bits per heavy atom. The highest BCUT2D eigenvalue weighted by molar-refractivity contribution is 5.90. The number of nitrogen functional groups attached to an aromatic ring is 1. The molecule has 0 unspecified atom stereocenters. The van der Waals surface area contributed by atoms with E-state index in [9.17, 15) is 4.79 Å². The van der Waals surface area contributed by atoms with Crippen LogP contribution in [0.5, 0.6) is 5.75 Å². The maximum Gasteiger partial charge on any atom is 0.338 e. The Morgan fingerprint density at radius 2 is 2.12 bits per heavy atom. The lowest BCUT2D eigenvalue weighted by Gasteiger charge is -2.11. The molecule has 0 aromatic heterocycles. The fraction of sp³-hybridized carbons (Fsp3) is 0.462. The smallest absolute Gasteiger partial charge is 0.338 e. The van der Waals surface area contributed by atoms with Gasteiger partial charge >= 0.3 is 5.97 Å². The Kier molecular flexibility index (Phi) is 4.82. The van der Waals surface area contributed by atoms with Crippen LogP contribution in [0.4, 0.5) is 5.69 Å². The van der Waals surface area contributed by atoms with Crippen LogP contribution in [-0.4, -0.2) is 18.7 Å². The molecule has 0 aliphatic rings. The Balaban J connectivity index is 2.84. The Hall–Kier alpha value is -1.71. The van der Waals surface area contributed by atoms with E-state index < -0.39 is 0 Å². The molecule has 0 saturated carbocycles. The molecule has 0 aliphatic heterocycles. The number of hydrogen-bond acceptors (Lipinski definition) is 4. The molecule has 0 radical (unpaired) electrons. The molecule has 94 valence electrons. The van der Waals surface area contributed by atoms with Gasteiger partial charge in [0.05, 0.1) is 24.0 Å². The van der Waals surface area contributed by atoms with Gasteiger partial charge in [0.1, 0.15) is 5.75 Å². The molecule has 17 heavy (non-hydrogen) atoms.